The molecule has 3 heterocycles. The minimum absolute atomic E-state index is 0.0438. The zero-order valence-corrected chi connectivity index (χ0v) is 14.0. The third-order valence-corrected chi connectivity index (χ3v) is 4.64. The smallest absolute Gasteiger partial charge is 0.317 e. The molecule has 1 unspecified atom stereocenters. The molecule has 2 amide bonds. The molecule has 1 fully saturated rings. The summed E-state index contributed by atoms with van der Waals surface area (Å²) in [6, 6.07) is -0.0438. The molecule has 1 saturated heterocycles. The number of thiazole rings is 1. The lowest BCUT2D eigenvalue weighted by Crippen LogP contribution is -2.47. The minimum Gasteiger partial charge on any atom is -0.370 e. The summed E-state index contributed by atoms with van der Waals surface area (Å²) in [5.74, 6) is 0. The molecule has 0 radical (unpaired) electrons. The van der Waals surface area contributed by atoms with E-state index in [0.29, 0.717) is 26.2 Å². The fourth-order valence-corrected chi connectivity index (χ4v) is 3.14. The Morgan fingerprint density at radius 1 is 1.57 bits per heavy atom. The SMILES string of the molecule is CCn1cc(C2CN(C(=O)NCCc3nccs3)CCO2)cn1. The number of carbonyl (C=O) groups excluding carboxylic acids is 1. The van der Waals surface area contributed by atoms with E-state index >= 15 is 0 Å². The van der Waals surface area contributed by atoms with Crippen molar-refractivity contribution in [2.45, 2.75) is 26.0 Å². The average molecular weight is 335 g/mol. The van der Waals surface area contributed by atoms with Gasteiger partial charge in [-0.3, -0.25) is 4.68 Å². The van der Waals surface area contributed by atoms with E-state index in [4.69, 9.17) is 4.74 Å². The first kappa shape index (κ1) is 15.9. The number of nitrogens with zero attached hydrogens (tertiary/aromatic N) is 4. The number of nitrogens with one attached hydrogen (secondary N) is 1. The molecule has 7 nitrogen and oxygen atoms in total. The van der Waals surface area contributed by atoms with Gasteiger partial charge in [-0.1, -0.05) is 0 Å². The summed E-state index contributed by atoms with van der Waals surface area (Å²) in [7, 11) is 0. The number of hydrogen-bond acceptors (Lipinski definition) is 5. The molecular weight excluding hydrogens is 314 g/mol. The van der Waals surface area contributed by atoms with Gasteiger partial charge in [-0.2, -0.15) is 5.10 Å². The minimum atomic E-state index is -0.103. The van der Waals surface area contributed by atoms with Crippen molar-refractivity contribution in [1.29, 1.82) is 0 Å². The molecule has 0 saturated carbocycles. The standard InChI is InChI=1S/C15H21N5O2S/c1-2-20-10-12(9-18-20)13-11-19(6-7-22-13)15(21)17-4-3-14-16-5-8-23-14/h5,8-10,13H,2-4,6-7,11H2,1H3,(H,17,21). The Bertz CT molecular complexity index is 628. The summed E-state index contributed by atoms with van der Waals surface area (Å²) in [6.45, 7) is 5.18. The molecule has 1 atom stereocenters. The lowest BCUT2D eigenvalue weighted by molar-refractivity contribution is -0.0154. The lowest BCUT2D eigenvalue weighted by atomic mass is 10.1. The number of urea groups is 1. The van der Waals surface area contributed by atoms with Gasteiger partial charge in [0.2, 0.25) is 0 Å². The van der Waals surface area contributed by atoms with E-state index in [2.05, 4.69) is 15.4 Å². The summed E-state index contributed by atoms with van der Waals surface area (Å²) in [5, 5.41) is 10.2. The molecule has 3 rings (SSSR count). The summed E-state index contributed by atoms with van der Waals surface area (Å²) >= 11 is 1.61. The van der Waals surface area contributed by atoms with Crippen molar-refractivity contribution >= 4 is 17.4 Å². The number of ether oxygens (including phenoxy) is 1. The molecule has 1 N–H and O–H groups in total. The van der Waals surface area contributed by atoms with E-state index in [1.54, 1.807) is 22.4 Å². The Kier molecular flexibility index (Phi) is 5.24. The molecule has 1 aliphatic heterocycles. The Labute approximate surface area is 139 Å². The Balaban J connectivity index is 1.50. The number of aryl methyl sites for hydroxylation is 1. The zero-order chi connectivity index (χ0) is 16.1. The highest BCUT2D eigenvalue weighted by Crippen LogP contribution is 2.21. The van der Waals surface area contributed by atoms with Crippen LogP contribution in [0.2, 0.25) is 0 Å². The van der Waals surface area contributed by atoms with Gasteiger partial charge in [-0.15, -0.1) is 11.3 Å². The van der Waals surface area contributed by atoms with Crippen molar-refractivity contribution in [3.05, 3.63) is 34.5 Å². The molecule has 0 bridgehead atoms. The van der Waals surface area contributed by atoms with E-state index in [1.165, 1.54) is 0 Å². The number of rotatable bonds is 5. The Morgan fingerprint density at radius 3 is 3.22 bits per heavy atom. The third-order valence-electron chi connectivity index (χ3n) is 3.80. The lowest BCUT2D eigenvalue weighted by Gasteiger charge is -2.32. The number of hydrogen-bond donors (Lipinski definition) is 1. The normalized spacial score (nSPS) is 18.1. The second-order valence-electron chi connectivity index (χ2n) is 5.34. The van der Waals surface area contributed by atoms with Crippen LogP contribution in [0.4, 0.5) is 4.79 Å². The topological polar surface area (TPSA) is 72.3 Å². The molecule has 8 heteroatoms. The second-order valence-corrected chi connectivity index (χ2v) is 6.32. The number of carbonyl (C=O) groups is 1. The van der Waals surface area contributed by atoms with Gasteiger partial charge >= 0.3 is 6.03 Å². The van der Waals surface area contributed by atoms with Crippen LogP contribution in [0.25, 0.3) is 0 Å². The Morgan fingerprint density at radius 2 is 2.48 bits per heavy atom. The number of morpholine rings is 1. The van der Waals surface area contributed by atoms with Crippen LogP contribution < -0.4 is 5.32 Å². The highest BCUT2D eigenvalue weighted by molar-refractivity contribution is 7.09. The fourth-order valence-electron chi connectivity index (χ4n) is 2.52. The van der Waals surface area contributed by atoms with Gasteiger partial charge < -0.3 is 15.0 Å². The van der Waals surface area contributed by atoms with Crippen molar-refractivity contribution in [2.24, 2.45) is 0 Å². The van der Waals surface area contributed by atoms with E-state index in [-0.39, 0.29) is 12.1 Å². The largest absolute Gasteiger partial charge is 0.370 e. The molecule has 23 heavy (non-hydrogen) atoms. The van der Waals surface area contributed by atoms with Gasteiger partial charge in [0.05, 0.1) is 24.4 Å². The number of aromatic nitrogens is 3. The molecule has 124 valence electrons. The third kappa shape index (κ3) is 4.08. The van der Waals surface area contributed by atoms with Crippen LogP contribution in [0.5, 0.6) is 0 Å². The van der Waals surface area contributed by atoms with Gasteiger partial charge in [0, 0.05) is 49.4 Å². The monoisotopic (exact) mass is 335 g/mol. The zero-order valence-electron chi connectivity index (χ0n) is 13.1. The molecular formula is C15H21N5O2S. The number of amides is 2. The van der Waals surface area contributed by atoms with Gasteiger partial charge in [0.15, 0.2) is 0 Å². The van der Waals surface area contributed by atoms with E-state index < -0.39 is 0 Å². The van der Waals surface area contributed by atoms with Crippen molar-refractivity contribution in [3.63, 3.8) is 0 Å². The summed E-state index contributed by atoms with van der Waals surface area (Å²) < 4.78 is 7.65. The van der Waals surface area contributed by atoms with Crippen LogP contribution in [-0.4, -0.2) is 51.9 Å². The van der Waals surface area contributed by atoms with E-state index in [0.717, 1.165) is 23.5 Å². The highest BCUT2D eigenvalue weighted by Gasteiger charge is 2.26. The quantitative estimate of drug-likeness (QED) is 0.902. The Hall–Kier alpha value is -1.93. The van der Waals surface area contributed by atoms with Gasteiger partial charge in [0.25, 0.3) is 0 Å². The van der Waals surface area contributed by atoms with Crippen LogP contribution in [0.3, 0.4) is 0 Å². The van der Waals surface area contributed by atoms with Crippen LogP contribution in [0.15, 0.2) is 24.0 Å². The molecule has 0 aromatic carbocycles. The maximum atomic E-state index is 12.3. The summed E-state index contributed by atoms with van der Waals surface area (Å²) in [4.78, 5) is 18.3. The highest BCUT2D eigenvalue weighted by atomic mass is 32.1. The average Bonchev–Trinajstić information content (AvgIpc) is 3.26. The first-order valence-electron chi connectivity index (χ1n) is 7.81. The first-order chi connectivity index (χ1) is 11.3. The second kappa shape index (κ2) is 7.56. The molecule has 2 aromatic rings. The first-order valence-corrected chi connectivity index (χ1v) is 8.69. The molecule has 0 spiro atoms. The van der Waals surface area contributed by atoms with Gasteiger partial charge in [-0.25, -0.2) is 9.78 Å². The van der Waals surface area contributed by atoms with Crippen molar-refractivity contribution in [1.82, 2.24) is 25.0 Å². The van der Waals surface area contributed by atoms with Crippen LogP contribution in [0, 0.1) is 0 Å². The van der Waals surface area contributed by atoms with E-state index in [1.807, 2.05) is 29.4 Å². The van der Waals surface area contributed by atoms with Crippen LogP contribution in [0.1, 0.15) is 23.6 Å². The maximum absolute atomic E-state index is 12.3. The summed E-state index contributed by atoms with van der Waals surface area (Å²) in [6.07, 6.45) is 6.24. The van der Waals surface area contributed by atoms with Crippen molar-refractivity contribution in [3.8, 4) is 0 Å². The predicted molar refractivity (Wildman–Crippen MR) is 87.4 cm³/mol. The molecule has 1 aliphatic rings. The molecule has 0 aliphatic carbocycles. The van der Waals surface area contributed by atoms with Crippen molar-refractivity contribution in [2.75, 3.05) is 26.2 Å². The fraction of sp³-hybridized carbons (Fsp3) is 0.533. The van der Waals surface area contributed by atoms with Gasteiger partial charge in [0.1, 0.15) is 6.10 Å². The summed E-state index contributed by atoms with van der Waals surface area (Å²) in [5.41, 5.74) is 1.02. The van der Waals surface area contributed by atoms with Gasteiger partial charge in [-0.05, 0) is 6.92 Å². The van der Waals surface area contributed by atoms with Crippen molar-refractivity contribution < 1.29 is 9.53 Å². The van der Waals surface area contributed by atoms with Crippen LogP contribution >= 0.6 is 11.3 Å². The predicted octanol–water partition coefficient (Wildman–Crippen LogP) is 1.69. The van der Waals surface area contributed by atoms with E-state index in [9.17, 15) is 4.79 Å². The van der Waals surface area contributed by atoms with Crippen LogP contribution in [-0.2, 0) is 17.7 Å². The maximum Gasteiger partial charge on any atom is 0.317 e. The molecule has 2 aromatic heterocycles.